The van der Waals surface area contributed by atoms with E-state index in [-0.39, 0.29) is 0 Å². The van der Waals surface area contributed by atoms with Gasteiger partial charge in [0, 0.05) is 12.1 Å². The SMILES string of the molecule is O=S(O)NCC=CCl. The Hall–Kier alpha value is 0.1000. The lowest BCUT2D eigenvalue weighted by molar-refractivity contribution is 0.553. The maximum absolute atomic E-state index is 9.80. The molecule has 0 aliphatic rings. The van der Waals surface area contributed by atoms with Gasteiger partial charge in [0.1, 0.15) is 0 Å². The minimum absolute atomic E-state index is 0.312. The van der Waals surface area contributed by atoms with Gasteiger partial charge < -0.3 is 0 Å². The molecule has 0 bridgehead atoms. The van der Waals surface area contributed by atoms with Crippen LogP contribution in [0.2, 0.25) is 0 Å². The van der Waals surface area contributed by atoms with E-state index in [0.717, 1.165) is 0 Å². The third-order valence-electron chi connectivity index (χ3n) is 0.414. The van der Waals surface area contributed by atoms with Gasteiger partial charge in [-0.15, -0.1) is 0 Å². The first-order chi connectivity index (χ1) is 3.77. The van der Waals surface area contributed by atoms with Crippen molar-refractivity contribution in [1.82, 2.24) is 4.72 Å². The molecule has 0 saturated carbocycles. The Morgan fingerprint density at radius 1 is 1.88 bits per heavy atom. The average Bonchev–Trinajstić information content (AvgIpc) is 1.66. The Morgan fingerprint density at radius 3 is 2.88 bits per heavy atom. The van der Waals surface area contributed by atoms with Gasteiger partial charge in [-0.05, 0) is 0 Å². The van der Waals surface area contributed by atoms with E-state index in [1.165, 1.54) is 11.6 Å². The monoisotopic (exact) mass is 155 g/mol. The van der Waals surface area contributed by atoms with E-state index in [2.05, 4.69) is 4.72 Å². The fraction of sp³-hybridized carbons (Fsp3) is 0.333. The van der Waals surface area contributed by atoms with Crippen molar-refractivity contribution in [1.29, 1.82) is 0 Å². The second kappa shape index (κ2) is 5.24. The molecule has 0 heterocycles. The molecular formula is C3H6ClNO2S. The normalized spacial score (nSPS) is 14.8. The molecule has 0 spiro atoms. The lowest BCUT2D eigenvalue weighted by Gasteiger charge is -1.88. The van der Waals surface area contributed by atoms with Gasteiger partial charge in [0.15, 0.2) is 0 Å². The van der Waals surface area contributed by atoms with Gasteiger partial charge in [-0.3, -0.25) is 4.55 Å². The van der Waals surface area contributed by atoms with E-state index < -0.39 is 11.3 Å². The molecule has 48 valence electrons. The highest BCUT2D eigenvalue weighted by atomic mass is 35.5. The standard InChI is InChI=1S/C3H6ClNO2S/c4-2-1-3-5-8(6)7/h1-2,5H,3H2,(H,6,7). The van der Waals surface area contributed by atoms with Crippen molar-refractivity contribution in [3.63, 3.8) is 0 Å². The number of nitrogens with one attached hydrogen (secondary N) is 1. The minimum atomic E-state index is -1.93. The summed E-state index contributed by atoms with van der Waals surface area (Å²) in [4.78, 5) is 0. The second-order valence-electron chi connectivity index (χ2n) is 0.959. The molecule has 0 aromatic carbocycles. The van der Waals surface area contributed by atoms with Crippen LogP contribution >= 0.6 is 11.6 Å². The van der Waals surface area contributed by atoms with Crippen LogP contribution in [0.4, 0.5) is 0 Å². The van der Waals surface area contributed by atoms with E-state index >= 15 is 0 Å². The Bertz CT molecular complexity index is 105. The second-order valence-corrected chi connectivity index (χ2v) is 2.00. The summed E-state index contributed by atoms with van der Waals surface area (Å²) in [6.07, 6.45) is 1.52. The fourth-order valence-electron chi connectivity index (χ4n) is 0.164. The topological polar surface area (TPSA) is 49.3 Å². The third kappa shape index (κ3) is 6.10. The molecule has 0 saturated heterocycles. The molecule has 5 heteroatoms. The van der Waals surface area contributed by atoms with Crippen molar-refractivity contribution >= 4 is 22.9 Å². The summed E-state index contributed by atoms with van der Waals surface area (Å²) in [6.45, 7) is 0.312. The summed E-state index contributed by atoms with van der Waals surface area (Å²) in [6, 6.07) is 0. The summed E-state index contributed by atoms with van der Waals surface area (Å²) in [5, 5.41) is 0. The van der Waals surface area contributed by atoms with Crippen molar-refractivity contribution in [3.05, 3.63) is 11.6 Å². The largest absolute Gasteiger partial charge is 0.294 e. The van der Waals surface area contributed by atoms with Crippen LogP contribution in [0.1, 0.15) is 0 Å². The van der Waals surface area contributed by atoms with Crippen molar-refractivity contribution in [2.75, 3.05) is 6.54 Å². The van der Waals surface area contributed by atoms with Crippen molar-refractivity contribution in [3.8, 4) is 0 Å². The summed E-state index contributed by atoms with van der Waals surface area (Å²) in [7, 11) is 0. The molecule has 0 amide bonds. The number of hydrogen-bond acceptors (Lipinski definition) is 1. The zero-order valence-electron chi connectivity index (χ0n) is 4.00. The van der Waals surface area contributed by atoms with Gasteiger partial charge in [0.05, 0.1) is 0 Å². The summed E-state index contributed by atoms with van der Waals surface area (Å²) < 4.78 is 20.1. The molecule has 0 aliphatic carbocycles. The first kappa shape index (κ1) is 8.10. The highest BCUT2D eigenvalue weighted by molar-refractivity contribution is 7.77. The summed E-state index contributed by atoms with van der Waals surface area (Å²) >= 11 is 3.16. The minimum Gasteiger partial charge on any atom is -0.294 e. The van der Waals surface area contributed by atoms with E-state index in [0.29, 0.717) is 6.54 Å². The van der Waals surface area contributed by atoms with E-state index in [1.807, 2.05) is 0 Å². The fourth-order valence-corrected chi connectivity index (χ4v) is 0.492. The molecule has 0 aromatic rings. The van der Waals surface area contributed by atoms with Crippen LogP contribution in [-0.2, 0) is 11.3 Å². The smallest absolute Gasteiger partial charge is 0.232 e. The molecule has 3 nitrogen and oxygen atoms in total. The first-order valence-electron chi connectivity index (χ1n) is 1.87. The summed E-state index contributed by atoms with van der Waals surface area (Å²) in [5.41, 5.74) is 1.28. The molecule has 0 aromatic heterocycles. The van der Waals surface area contributed by atoms with Crippen molar-refractivity contribution in [2.24, 2.45) is 0 Å². The highest BCUT2D eigenvalue weighted by Gasteiger charge is 1.83. The van der Waals surface area contributed by atoms with Gasteiger partial charge in [0.25, 0.3) is 0 Å². The van der Waals surface area contributed by atoms with E-state index in [1.54, 1.807) is 0 Å². The van der Waals surface area contributed by atoms with E-state index in [9.17, 15) is 4.21 Å². The molecule has 0 fully saturated rings. The molecule has 1 atom stereocenters. The van der Waals surface area contributed by atoms with Crippen LogP contribution in [0.5, 0.6) is 0 Å². The zero-order valence-corrected chi connectivity index (χ0v) is 5.58. The number of hydrogen-bond donors (Lipinski definition) is 2. The van der Waals surface area contributed by atoms with Gasteiger partial charge in [-0.25, -0.2) is 8.93 Å². The predicted molar refractivity (Wildman–Crippen MR) is 33.8 cm³/mol. The molecule has 0 radical (unpaired) electrons. The average molecular weight is 156 g/mol. The Labute approximate surface area is 55.1 Å². The number of halogens is 1. The maximum atomic E-state index is 9.80. The Morgan fingerprint density at radius 2 is 2.50 bits per heavy atom. The zero-order chi connectivity index (χ0) is 6.41. The predicted octanol–water partition coefficient (Wildman–Crippen LogP) is 0.465. The van der Waals surface area contributed by atoms with Crippen LogP contribution in [0, 0.1) is 0 Å². The number of rotatable bonds is 3. The van der Waals surface area contributed by atoms with Crippen LogP contribution < -0.4 is 4.72 Å². The van der Waals surface area contributed by atoms with Gasteiger partial charge in [0.2, 0.25) is 11.3 Å². The Balaban J connectivity index is 3.05. The summed E-state index contributed by atoms with van der Waals surface area (Å²) in [5.74, 6) is 0. The first-order valence-corrected chi connectivity index (χ1v) is 3.41. The van der Waals surface area contributed by atoms with Crippen LogP contribution in [0.25, 0.3) is 0 Å². The Kier molecular flexibility index (Phi) is 5.31. The molecule has 2 N–H and O–H groups in total. The lowest BCUT2D eigenvalue weighted by atomic mass is 10.7. The van der Waals surface area contributed by atoms with Crippen LogP contribution in [0.15, 0.2) is 11.6 Å². The molecule has 0 aliphatic heterocycles. The molecule has 0 rings (SSSR count). The lowest BCUT2D eigenvalue weighted by Crippen LogP contribution is -2.15. The van der Waals surface area contributed by atoms with Crippen LogP contribution in [0.3, 0.4) is 0 Å². The van der Waals surface area contributed by atoms with Crippen LogP contribution in [-0.4, -0.2) is 15.3 Å². The van der Waals surface area contributed by atoms with Gasteiger partial charge >= 0.3 is 0 Å². The van der Waals surface area contributed by atoms with Crippen molar-refractivity contribution < 1.29 is 8.76 Å². The molecule has 8 heavy (non-hydrogen) atoms. The van der Waals surface area contributed by atoms with Crippen molar-refractivity contribution in [2.45, 2.75) is 0 Å². The maximum Gasteiger partial charge on any atom is 0.232 e. The quantitative estimate of drug-likeness (QED) is 0.582. The highest BCUT2D eigenvalue weighted by Crippen LogP contribution is 1.74. The van der Waals surface area contributed by atoms with Gasteiger partial charge in [-0.1, -0.05) is 17.7 Å². The van der Waals surface area contributed by atoms with Gasteiger partial charge in [-0.2, -0.15) is 0 Å². The molecule has 1 unspecified atom stereocenters. The molecular weight excluding hydrogens is 150 g/mol. The third-order valence-corrected chi connectivity index (χ3v) is 1.01. The van der Waals surface area contributed by atoms with E-state index in [4.69, 9.17) is 16.2 Å².